The molecule has 0 bridgehead atoms. The lowest BCUT2D eigenvalue weighted by Gasteiger charge is -2.15. The van der Waals surface area contributed by atoms with Crippen molar-refractivity contribution < 1.29 is 24.7 Å². The van der Waals surface area contributed by atoms with E-state index in [2.05, 4.69) is 13.0 Å². The Morgan fingerprint density at radius 3 is 2.76 bits per heavy atom. The first kappa shape index (κ1) is 17.6. The van der Waals surface area contributed by atoms with Gasteiger partial charge >= 0.3 is 0 Å². The van der Waals surface area contributed by atoms with Crippen molar-refractivity contribution in [2.75, 3.05) is 12.9 Å². The molecule has 2 N–H and O–H groups in total. The fourth-order valence-corrected chi connectivity index (χ4v) is 4.09. The van der Waals surface area contributed by atoms with Crippen LogP contribution in [0, 0.1) is 6.92 Å². The topological polar surface area (TPSA) is 75.2 Å². The Balaban J connectivity index is 1.72. The molecule has 5 nitrogen and oxygen atoms in total. The smallest absolute Gasteiger partial charge is 0.161 e. The monoisotopic (exact) mass is 359 g/mol. The van der Waals surface area contributed by atoms with Crippen molar-refractivity contribution in [1.82, 2.24) is 0 Å². The fourth-order valence-electron chi connectivity index (χ4n) is 2.79. The van der Waals surface area contributed by atoms with E-state index < -0.39 is 12.0 Å². The van der Waals surface area contributed by atoms with E-state index in [0.717, 1.165) is 11.1 Å². The number of aliphatic carboxylic acids is 1. The van der Waals surface area contributed by atoms with Crippen LogP contribution in [0.1, 0.15) is 22.1 Å². The Bertz CT molecular complexity index is 765. The fraction of sp³-hybridized carbons (Fsp3) is 0.316. The third-order valence-corrected chi connectivity index (χ3v) is 5.67. The van der Waals surface area contributed by atoms with E-state index in [9.17, 15) is 9.90 Å². The predicted molar refractivity (Wildman–Crippen MR) is 94.4 cm³/mol. The summed E-state index contributed by atoms with van der Waals surface area (Å²) >= 11 is 1.60. The molecule has 0 amide bonds. The van der Waals surface area contributed by atoms with Gasteiger partial charge in [0.05, 0.1) is 12.9 Å². The Labute approximate surface area is 151 Å². The zero-order valence-corrected chi connectivity index (χ0v) is 15.0. The number of hydrogen-bond acceptors (Lipinski definition) is 5. The van der Waals surface area contributed by atoms with Gasteiger partial charge in [0.2, 0.25) is 0 Å². The highest BCUT2D eigenvalue weighted by atomic mass is 32.2. The summed E-state index contributed by atoms with van der Waals surface area (Å²) in [7, 11) is 1.61. The van der Waals surface area contributed by atoms with E-state index in [1.807, 2.05) is 41.7 Å². The van der Waals surface area contributed by atoms with Gasteiger partial charge in [0.15, 0.2) is 16.9 Å². The number of nitrogens with two attached hydrogens (primary N) is 1. The Kier molecular flexibility index (Phi) is 5.50. The second-order valence-corrected chi connectivity index (χ2v) is 7.17. The number of methoxy groups -OCH3 is 1. The molecule has 0 aliphatic carbocycles. The number of aryl methyl sites for hydroxylation is 1. The maximum Gasteiger partial charge on any atom is 0.161 e. The lowest BCUT2D eigenvalue weighted by molar-refractivity contribution is -0.690. The van der Waals surface area contributed by atoms with Crippen molar-refractivity contribution in [2.45, 2.75) is 24.9 Å². The first-order valence-electron chi connectivity index (χ1n) is 8.11. The number of rotatable bonds is 6. The molecule has 1 aliphatic heterocycles. The highest BCUT2D eigenvalue weighted by Gasteiger charge is 2.31. The predicted octanol–water partition coefficient (Wildman–Crippen LogP) is 1.01. The molecule has 2 aromatic rings. The number of carboxylic acids is 1. The molecular weight excluding hydrogens is 338 g/mol. The van der Waals surface area contributed by atoms with Gasteiger partial charge in [-0.1, -0.05) is 36.0 Å². The molecule has 0 saturated carbocycles. The van der Waals surface area contributed by atoms with Gasteiger partial charge in [-0.05, 0) is 36.2 Å². The summed E-state index contributed by atoms with van der Waals surface area (Å²) in [6.45, 7) is 2.53. The second kappa shape index (κ2) is 7.80. The zero-order chi connectivity index (χ0) is 17.8. The molecule has 1 saturated heterocycles. The molecule has 1 aliphatic rings. The van der Waals surface area contributed by atoms with E-state index in [4.69, 9.17) is 9.47 Å². The Hall–Kier alpha value is -2.18. The number of ether oxygens (including phenoxy) is 2. The summed E-state index contributed by atoms with van der Waals surface area (Å²) in [5.74, 6) is 0.854. The standard InChI is InChI=1S/C19H21NO4S/c1-12-5-3-4-6-14(12)10-24-16-8-7-13(9-17(16)23-2)18-20-15(11-25-18)19(21)22/h3-9,15,18,20H,10-11H2,1-2H3,(H,21,22)/t15-,18+/m0/s1. The number of hydrogen-bond donors (Lipinski definition) is 1. The van der Waals surface area contributed by atoms with E-state index in [1.165, 1.54) is 5.56 Å². The summed E-state index contributed by atoms with van der Waals surface area (Å²) in [5, 5.41) is 12.9. The summed E-state index contributed by atoms with van der Waals surface area (Å²) in [4.78, 5) is 11.0. The van der Waals surface area contributed by atoms with Crippen molar-refractivity contribution in [3.8, 4) is 11.5 Å². The van der Waals surface area contributed by atoms with Crippen LogP contribution in [0.15, 0.2) is 42.5 Å². The largest absolute Gasteiger partial charge is 0.544 e. The van der Waals surface area contributed by atoms with Gasteiger partial charge in [-0.3, -0.25) is 0 Å². The molecule has 25 heavy (non-hydrogen) atoms. The van der Waals surface area contributed by atoms with E-state index >= 15 is 0 Å². The molecule has 6 heteroatoms. The SMILES string of the molecule is COc1cc([C@@H]2[NH2+][C@H](C(=O)[O-])CS2)ccc1OCc1ccccc1C. The molecule has 3 rings (SSSR count). The van der Waals surface area contributed by atoms with E-state index in [1.54, 1.807) is 18.9 Å². The van der Waals surface area contributed by atoms with Crippen LogP contribution in [0.25, 0.3) is 0 Å². The molecule has 2 atom stereocenters. The molecular formula is C19H21NO4S. The van der Waals surface area contributed by atoms with Crippen molar-refractivity contribution in [2.24, 2.45) is 0 Å². The number of quaternary nitrogens is 1. The number of carbonyl (C=O) groups excluding carboxylic acids is 1. The lowest BCUT2D eigenvalue weighted by atomic mass is 10.1. The van der Waals surface area contributed by atoms with Crippen molar-refractivity contribution >= 4 is 17.7 Å². The van der Waals surface area contributed by atoms with Crippen molar-refractivity contribution in [3.63, 3.8) is 0 Å². The lowest BCUT2D eigenvalue weighted by Crippen LogP contribution is -2.90. The van der Waals surface area contributed by atoms with Gasteiger partial charge in [0, 0.05) is 5.56 Å². The highest BCUT2D eigenvalue weighted by Crippen LogP contribution is 2.34. The van der Waals surface area contributed by atoms with E-state index in [-0.39, 0.29) is 5.37 Å². The zero-order valence-electron chi connectivity index (χ0n) is 14.2. The van der Waals surface area contributed by atoms with E-state index in [0.29, 0.717) is 23.9 Å². The number of carbonyl (C=O) groups is 1. The Morgan fingerprint density at radius 2 is 2.08 bits per heavy atom. The van der Waals surface area contributed by atoms with Crippen LogP contribution in [0.5, 0.6) is 11.5 Å². The highest BCUT2D eigenvalue weighted by molar-refractivity contribution is 7.99. The molecule has 0 aromatic heterocycles. The molecule has 1 fully saturated rings. The maximum absolute atomic E-state index is 11.0. The Morgan fingerprint density at radius 1 is 1.28 bits per heavy atom. The van der Waals surface area contributed by atoms with Crippen LogP contribution in [0.2, 0.25) is 0 Å². The summed E-state index contributed by atoms with van der Waals surface area (Å²) in [6.07, 6.45) is 0. The van der Waals surface area contributed by atoms with Crippen LogP contribution in [-0.4, -0.2) is 24.9 Å². The first-order valence-corrected chi connectivity index (χ1v) is 9.16. The second-order valence-electron chi connectivity index (χ2n) is 6.00. The van der Waals surface area contributed by atoms with Gasteiger partial charge in [-0.25, -0.2) is 0 Å². The summed E-state index contributed by atoms with van der Waals surface area (Å²) in [6, 6.07) is 13.4. The third-order valence-electron chi connectivity index (χ3n) is 4.33. The minimum atomic E-state index is -1.01. The van der Waals surface area contributed by atoms with Gasteiger partial charge in [-0.2, -0.15) is 0 Å². The van der Waals surface area contributed by atoms with Crippen molar-refractivity contribution in [3.05, 3.63) is 59.2 Å². The van der Waals surface area contributed by atoms with Crippen LogP contribution < -0.4 is 19.9 Å². The van der Waals surface area contributed by atoms with Crippen LogP contribution >= 0.6 is 11.8 Å². The van der Waals surface area contributed by atoms with Crippen LogP contribution in [0.3, 0.4) is 0 Å². The average Bonchev–Trinajstić information content (AvgIpc) is 3.11. The van der Waals surface area contributed by atoms with Gasteiger partial charge in [0.1, 0.15) is 18.6 Å². The van der Waals surface area contributed by atoms with Gasteiger partial charge in [0.25, 0.3) is 0 Å². The quantitative estimate of drug-likeness (QED) is 0.833. The molecule has 0 spiro atoms. The summed E-state index contributed by atoms with van der Waals surface area (Å²) in [5.41, 5.74) is 3.32. The van der Waals surface area contributed by atoms with Gasteiger partial charge < -0.3 is 24.7 Å². The molecule has 2 aromatic carbocycles. The summed E-state index contributed by atoms with van der Waals surface area (Å²) < 4.78 is 11.4. The van der Waals surface area contributed by atoms with Crippen LogP contribution in [0.4, 0.5) is 0 Å². The molecule has 0 radical (unpaired) electrons. The minimum Gasteiger partial charge on any atom is -0.544 e. The molecule has 1 heterocycles. The first-order chi connectivity index (χ1) is 12.1. The number of thioether (sulfide) groups is 1. The number of carboxylic acid groups (broad SMARTS) is 1. The third kappa shape index (κ3) is 4.08. The molecule has 132 valence electrons. The van der Waals surface area contributed by atoms with Crippen LogP contribution in [-0.2, 0) is 11.4 Å². The van der Waals surface area contributed by atoms with Crippen molar-refractivity contribution in [1.29, 1.82) is 0 Å². The minimum absolute atomic E-state index is 0.0298. The molecule has 0 unspecified atom stereocenters. The normalized spacial score (nSPS) is 19.6. The maximum atomic E-state index is 11.0. The average molecular weight is 359 g/mol. The van der Waals surface area contributed by atoms with Gasteiger partial charge in [-0.15, -0.1) is 0 Å². The number of benzene rings is 2.